The second kappa shape index (κ2) is 2.71. The maximum absolute atomic E-state index is 11.8. The van der Waals surface area contributed by atoms with Gasteiger partial charge in [-0.2, -0.15) is 36.6 Å². The zero-order valence-electron chi connectivity index (χ0n) is 5.82. The van der Waals surface area contributed by atoms with Gasteiger partial charge < -0.3 is 0 Å². The minimum atomic E-state index is -4.87. The van der Waals surface area contributed by atoms with Gasteiger partial charge in [-0.25, -0.2) is 0 Å². The molecule has 0 saturated carbocycles. The molecule has 0 aromatic heterocycles. The van der Waals surface area contributed by atoms with E-state index in [4.69, 9.17) is 0 Å². The predicted molar refractivity (Wildman–Crippen MR) is 28.8 cm³/mol. The van der Waals surface area contributed by atoms with Gasteiger partial charge >= 0.3 is 12.4 Å². The first-order chi connectivity index (χ1) is 5.71. The monoisotopic (exact) mass is 204 g/mol. The summed E-state index contributed by atoms with van der Waals surface area (Å²) in [6, 6.07) is -2.47. The van der Waals surface area contributed by atoms with E-state index < -0.39 is 24.1 Å². The summed E-state index contributed by atoms with van der Waals surface area (Å²) >= 11 is 0. The maximum atomic E-state index is 11.8. The molecule has 13 heavy (non-hydrogen) atoms. The first-order valence-corrected chi connectivity index (χ1v) is 2.98. The summed E-state index contributed by atoms with van der Waals surface area (Å²) in [5.74, 6) is 0. The van der Waals surface area contributed by atoms with Crippen molar-refractivity contribution in [2.45, 2.75) is 18.4 Å². The predicted octanol–water partition coefficient (Wildman–Crippen LogP) is 2.83. The summed E-state index contributed by atoms with van der Waals surface area (Å²) in [5, 5.41) is 4.84. The van der Waals surface area contributed by atoms with E-state index in [0.29, 0.717) is 0 Å². The van der Waals surface area contributed by atoms with Gasteiger partial charge in [-0.05, 0) is 6.08 Å². The van der Waals surface area contributed by atoms with Crippen LogP contribution in [0, 0.1) is 0 Å². The smallest absolute Gasteiger partial charge is 0.171 e. The van der Waals surface area contributed by atoms with Crippen LogP contribution in [0.2, 0.25) is 0 Å². The third kappa shape index (κ3) is 2.19. The zero-order valence-corrected chi connectivity index (χ0v) is 5.82. The summed E-state index contributed by atoms with van der Waals surface area (Å²) in [4.78, 5) is 0. The normalized spacial score (nSPS) is 23.5. The van der Waals surface area contributed by atoms with E-state index in [1.807, 2.05) is 0 Å². The number of allylic oxidation sites excluding steroid dienone is 1. The number of nitrogens with zero attached hydrogens (tertiary/aromatic N) is 2. The van der Waals surface area contributed by atoms with Crippen LogP contribution >= 0.6 is 0 Å². The molecule has 1 rings (SSSR count). The van der Waals surface area contributed by atoms with Crippen LogP contribution in [-0.4, -0.2) is 18.4 Å². The minimum absolute atomic E-state index is 0.0556. The summed E-state index contributed by atoms with van der Waals surface area (Å²) in [7, 11) is 0. The Balaban J connectivity index is 2.84. The van der Waals surface area contributed by atoms with Crippen LogP contribution in [0.5, 0.6) is 0 Å². The van der Waals surface area contributed by atoms with Gasteiger partial charge in [0.05, 0.1) is 0 Å². The SMILES string of the molecule is FC(F)(F)C1=CC(C(F)(F)F)N=N1. The molecule has 0 radical (unpaired) electrons. The van der Waals surface area contributed by atoms with Crippen molar-refractivity contribution in [3.05, 3.63) is 11.8 Å². The molecule has 0 N–H and O–H groups in total. The first-order valence-electron chi connectivity index (χ1n) is 2.98. The lowest BCUT2D eigenvalue weighted by Crippen LogP contribution is -2.23. The number of hydrogen-bond donors (Lipinski definition) is 0. The van der Waals surface area contributed by atoms with Gasteiger partial charge in [-0.15, -0.1) is 0 Å². The number of halogens is 6. The van der Waals surface area contributed by atoms with Crippen molar-refractivity contribution >= 4 is 0 Å². The standard InChI is InChI=1S/C5H2F6N2/c6-4(7,8)2-1-3(13-12-2)5(9,10)11/h1-2H. The van der Waals surface area contributed by atoms with E-state index in [1.54, 1.807) is 0 Å². The zero-order chi connectivity index (χ0) is 10.3. The molecule has 0 bridgehead atoms. The largest absolute Gasteiger partial charge is 0.434 e. The molecule has 8 heteroatoms. The van der Waals surface area contributed by atoms with Crippen molar-refractivity contribution in [2.75, 3.05) is 0 Å². The second-order valence-electron chi connectivity index (χ2n) is 2.25. The van der Waals surface area contributed by atoms with Gasteiger partial charge in [0.2, 0.25) is 0 Å². The fourth-order valence-corrected chi connectivity index (χ4v) is 0.652. The van der Waals surface area contributed by atoms with Crippen LogP contribution in [0.25, 0.3) is 0 Å². The van der Waals surface area contributed by atoms with Crippen LogP contribution in [0.4, 0.5) is 26.3 Å². The Hall–Kier alpha value is -1.08. The van der Waals surface area contributed by atoms with Gasteiger partial charge in [-0.1, -0.05) is 0 Å². The molecule has 1 aliphatic rings. The second-order valence-corrected chi connectivity index (χ2v) is 2.25. The Morgan fingerprint density at radius 2 is 1.62 bits per heavy atom. The minimum Gasteiger partial charge on any atom is -0.171 e. The van der Waals surface area contributed by atoms with Crippen LogP contribution in [-0.2, 0) is 0 Å². The van der Waals surface area contributed by atoms with E-state index in [9.17, 15) is 26.3 Å². The van der Waals surface area contributed by atoms with Crippen molar-refractivity contribution in [1.29, 1.82) is 0 Å². The van der Waals surface area contributed by atoms with E-state index in [-0.39, 0.29) is 6.08 Å². The maximum Gasteiger partial charge on any atom is 0.434 e. The van der Waals surface area contributed by atoms with E-state index in [1.165, 1.54) is 0 Å². The lowest BCUT2D eigenvalue weighted by molar-refractivity contribution is -0.136. The molecule has 1 unspecified atom stereocenters. The third-order valence-corrected chi connectivity index (χ3v) is 1.23. The van der Waals surface area contributed by atoms with Gasteiger partial charge in [0.15, 0.2) is 11.7 Å². The lowest BCUT2D eigenvalue weighted by atomic mass is 10.2. The highest BCUT2D eigenvalue weighted by molar-refractivity contribution is 5.16. The van der Waals surface area contributed by atoms with E-state index in [2.05, 4.69) is 10.2 Å². The topological polar surface area (TPSA) is 24.7 Å². The van der Waals surface area contributed by atoms with E-state index >= 15 is 0 Å². The van der Waals surface area contributed by atoms with Crippen molar-refractivity contribution in [3.63, 3.8) is 0 Å². The summed E-state index contributed by atoms with van der Waals surface area (Å²) in [6.45, 7) is 0. The molecule has 0 aromatic rings. The summed E-state index contributed by atoms with van der Waals surface area (Å²) < 4.78 is 70.5. The first kappa shape index (κ1) is 10.0. The van der Waals surface area contributed by atoms with Gasteiger partial charge in [0, 0.05) is 0 Å². The molecular formula is C5H2F6N2. The Labute approximate surface area is 67.9 Å². The fraction of sp³-hybridized carbons (Fsp3) is 0.600. The Bertz CT molecular complexity index is 259. The average Bonchev–Trinajstić information content (AvgIpc) is 2.28. The van der Waals surface area contributed by atoms with Crippen LogP contribution in [0.1, 0.15) is 0 Å². The highest BCUT2D eigenvalue weighted by Gasteiger charge is 2.46. The number of alkyl halides is 6. The fourth-order valence-electron chi connectivity index (χ4n) is 0.652. The van der Waals surface area contributed by atoms with Gasteiger partial charge in [-0.3, -0.25) is 0 Å². The third-order valence-electron chi connectivity index (χ3n) is 1.23. The van der Waals surface area contributed by atoms with Crippen molar-refractivity contribution < 1.29 is 26.3 Å². The molecule has 1 heterocycles. The summed E-state index contributed by atoms with van der Waals surface area (Å²) in [6.07, 6.45) is -9.74. The van der Waals surface area contributed by atoms with Crippen LogP contribution < -0.4 is 0 Å². The number of hydrogen-bond acceptors (Lipinski definition) is 2. The molecule has 1 aliphatic heterocycles. The summed E-state index contributed by atoms with van der Waals surface area (Å²) in [5.41, 5.74) is -1.60. The highest BCUT2D eigenvalue weighted by atomic mass is 19.4. The van der Waals surface area contributed by atoms with Gasteiger partial charge in [0.1, 0.15) is 0 Å². The molecule has 0 aliphatic carbocycles. The average molecular weight is 204 g/mol. The number of azo groups is 1. The molecule has 0 saturated heterocycles. The Morgan fingerprint density at radius 3 is 1.85 bits per heavy atom. The number of rotatable bonds is 0. The molecule has 74 valence electrons. The van der Waals surface area contributed by atoms with Crippen molar-refractivity contribution in [3.8, 4) is 0 Å². The Kier molecular flexibility index (Phi) is 2.08. The van der Waals surface area contributed by atoms with Gasteiger partial charge in [0.25, 0.3) is 0 Å². The Morgan fingerprint density at radius 1 is 1.08 bits per heavy atom. The molecule has 0 amide bonds. The molecule has 1 atom stereocenters. The molecule has 0 spiro atoms. The van der Waals surface area contributed by atoms with Crippen LogP contribution in [0.15, 0.2) is 22.0 Å². The molecule has 0 fully saturated rings. The van der Waals surface area contributed by atoms with Crippen molar-refractivity contribution in [1.82, 2.24) is 0 Å². The quantitative estimate of drug-likeness (QED) is 0.542. The lowest BCUT2D eigenvalue weighted by Gasteiger charge is -2.07. The molecular weight excluding hydrogens is 202 g/mol. The van der Waals surface area contributed by atoms with E-state index in [0.717, 1.165) is 0 Å². The van der Waals surface area contributed by atoms with Crippen molar-refractivity contribution in [2.24, 2.45) is 10.2 Å². The molecule has 2 nitrogen and oxygen atoms in total. The highest BCUT2D eigenvalue weighted by Crippen LogP contribution is 2.35. The van der Waals surface area contributed by atoms with Crippen LogP contribution in [0.3, 0.4) is 0 Å². The molecule has 0 aromatic carbocycles.